The first-order chi connectivity index (χ1) is 9.17. The van der Waals surface area contributed by atoms with Crippen LogP contribution in [0.5, 0.6) is 0 Å². The highest BCUT2D eigenvalue weighted by Crippen LogP contribution is 2.28. The van der Waals surface area contributed by atoms with Gasteiger partial charge in [-0.05, 0) is 29.4 Å². The minimum Gasteiger partial charge on any atom is -0.240 e. The van der Waals surface area contributed by atoms with Crippen LogP contribution in [-0.2, 0) is 16.2 Å². The molecule has 2 nitrogen and oxygen atoms in total. The molecule has 0 unspecified atom stereocenters. The van der Waals surface area contributed by atoms with Gasteiger partial charge in [-0.1, -0.05) is 63.8 Å². The molecular formula is C17H28O2. The Morgan fingerprint density at radius 3 is 1.95 bits per heavy atom. The molecule has 0 radical (unpaired) electrons. The van der Waals surface area contributed by atoms with Crippen molar-refractivity contribution in [1.29, 1.82) is 0 Å². The normalized spacial score (nSPS) is 15.4. The van der Waals surface area contributed by atoms with Crippen LogP contribution in [0.25, 0.3) is 0 Å². The van der Waals surface area contributed by atoms with E-state index in [-0.39, 0.29) is 0 Å². The highest BCUT2D eigenvalue weighted by Gasteiger charge is 2.15. The van der Waals surface area contributed by atoms with Gasteiger partial charge in [-0.3, -0.25) is 0 Å². The van der Waals surface area contributed by atoms with Crippen molar-refractivity contribution in [2.75, 3.05) is 14.2 Å². The van der Waals surface area contributed by atoms with Gasteiger partial charge < -0.3 is 0 Å². The Labute approximate surface area is 118 Å². The fourth-order valence-electron chi connectivity index (χ4n) is 2.59. The number of hydrogen-bond donors (Lipinski definition) is 0. The third-order valence-corrected chi connectivity index (χ3v) is 3.81. The van der Waals surface area contributed by atoms with Crippen molar-refractivity contribution in [2.45, 2.75) is 51.9 Å². The molecule has 19 heavy (non-hydrogen) atoms. The molecule has 2 heteroatoms. The molecule has 2 rings (SSSR count). The summed E-state index contributed by atoms with van der Waals surface area (Å²) in [6.07, 6.45) is 7.11. The molecule has 1 aliphatic carbocycles. The predicted octanol–water partition coefficient (Wildman–Crippen LogP) is 4.74. The van der Waals surface area contributed by atoms with Gasteiger partial charge in [-0.15, -0.1) is 0 Å². The van der Waals surface area contributed by atoms with Crippen LogP contribution < -0.4 is 0 Å². The molecule has 1 aromatic carbocycles. The summed E-state index contributed by atoms with van der Waals surface area (Å²) in [7, 11) is 2.92. The van der Waals surface area contributed by atoms with Gasteiger partial charge in [0.15, 0.2) is 0 Å². The van der Waals surface area contributed by atoms with Crippen molar-refractivity contribution < 1.29 is 9.78 Å². The number of benzene rings is 1. The van der Waals surface area contributed by atoms with Gasteiger partial charge in [-0.25, -0.2) is 9.78 Å². The molecule has 0 N–H and O–H groups in total. The van der Waals surface area contributed by atoms with Gasteiger partial charge in [-0.2, -0.15) is 0 Å². The highest BCUT2D eigenvalue weighted by molar-refractivity contribution is 5.25. The van der Waals surface area contributed by atoms with Crippen LogP contribution in [0.2, 0.25) is 0 Å². The van der Waals surface area contributed by atoms with E-state index < -0.39 is 0 Å². The quantitative estimate of drug-likeness (QED) is 0.578. The topological polar surface area (TPSA) is 18.5 Å². The molecule has 1 saturated carbocycles. The van der Waals surface area contributed by atoms with E-state index >= 15 is 0 Å². The van der Waals surface area contributed by atoms with Crippen LogP contribution in [0.15, 0.2) is 24.3 Å². The van der Waals surface area contributed by atoms with Crippen molar-refractivity contribution in [2.24, 2.45) is 5.92 Å². The zero-order chi connectivity index (χ0) is 14.1. The van der Waals surface area contributed by atoms with Crippen LogP contribution >= 0.6 is 0 Å². The SMILES string of the molecule is CC(C)c1ccc(CC2CCCC2)cc1.COOC. The second-order valence-corrected chi connectivity index (χ2v) is 5.58. The molecular weight excluding hydrogens is 236 g/mol. The van der Waals surface area contributed by atoms with Crippen LogP contribution in [-0.4, -0.2) is 14.2 Å². The van der Waals surface area contributed by atoms with E-state index in [4.69, 9.17) is 0 Å². The zero-order valence-corrected chi connectivity index (χ0v) is 12.8. The molecule has 0 atom stereocenters. The lowest BCUT2D eigenvalue weighted by molar-refractivity contribution is -0.248. The fraction of sp³-hybridized carbons (Fsp3) is 0.647. The van der Waals surface area contributed by atoms with E-state index in [1.807, 2.05) is 0 Å². The Bertz CT molecular complexity index is 322. The monoisotopic (exact) mass is 264 g/mol. The average molecular weight is 264 g/mol. The third kappa shape index (κ3) is 6.22. The van der Waals surface area contributed by atoms with E-state index in [1.165, 1.54) is 57.5 Å². The molecule has 108 valence electrons. The van der Waals surface area contributed by atoms with Crippen molar-refractivity contribution in [3.05, 3.63) is 35.4 Å². The lowest BCUT2D eigenvalue weighted by atomic mass is 9.95. The first-order valence-corrected chi connectivity index (χ1v) is 7.33. The largest absolute Gasteiger partial charge is 0.240 e. The molecule has 1 fully saturated rings. The molecule has 1 aromatic rings. The maximum absolute atomic E-state index is 4.04. The number of rotatable bonds is 4. The Morgan fingerprint density at radius 2 is 1.53 bits per heavy atom. The highest BCUT2D eigenvalue weighted by atomic mass is 17.2. The summed E-state index contributed by atoms with van der Waals surface area (Å²) in [4.78, 5) is 8.08. The molecule has 0 aliphatic heterocycles. The van der Waals surface area contributed by atoms with E-state index in [9.17, 15) is 0 Å². The van der Waals surface area contributed by atoms with E-state index in [0.29, 0.717) is 5.92 Å². The summed E-state index contributed by atoms with van der Waals surface area (Å²) >= 11 is 0. The molecule has 0 aromatic heterocycles. The van der Waals surface area contributed by atoms with Crippen molar-refractivity contribution in [1.82, 2.24) is 0 Å². The van der Waals surface area contributed by atoms with Gasteiger partial charge in [0.1, 0.15) is 0 Å². The Kier molecular flexibility index (Phi) is 7.76. The van der Waals surface area contributed by atoms with E-state index in [0.717, 1.165) is 5.92 Å². The maximum Gasteiger partial charge on any atom is 0.0712 e. The maximum atomic E-state index is 4.04. The molecule has 0 amide bonds. The molecule has 0 spiro atoms. The van der Waals surface area contributed by atoms with Crippen molar-refractivity contribution in [3.63, 3.8) is 0 Å². The first-order valence-electron chi connectivity index (χ1n) is 7.33. The van der Waals surface area contributed by atoms with Crippen LogP contribution in [0.3, 0.4) is 0 Å². The fourth-order valence-corrected chi connectivity index (χ4v) is 2.59. The smallest absolute Gasteiger partial charge is 0.0712 e. The van der Waals surface area contributed by atoms with Gasteiger partial charge >= 0.3 is 0 Å². The van der Waals surface area contributed by atoms with E-state index in [1.54, 1.807) is 0 Å². The van der Waals surface area contributed by atoms with Crippen molar-refractivity contribution >= 4 is 0 Å². The summed E-state index contributed by atoms with van der Waals surface area (Å²) < 4.78 is 0. The van der Waals surface area contributed by atoms with Gasteiger partial charge in [0.25, 0.3) is 0 Å². The average Bonchev–Trinajstić information content (AvgIpc) is 2.92. The minimum absolute atomic E-state index is 0.658. The van der Waals surface area contributed by atoms with Gasteiger partial charge in [0.05, 0.1) is 14.2 Å². The van der Waals surface area contributed by atoms with Crippen LogP contribution in [0.1, 0.15) is 56.6 Å². The first kappa shape index (κ1) is 16.2. The summed E-state index contributed by atoms with van der Waals surface area (Å²) in [5.41, 5.74) is 3.00. The summed E-state index contributed by atoms with van der Waals surface area (Å²) in [6.45, 7) is 4.51. The summed E-state index contributed by atoms with van der Waals surface area (Å²) in [5, 5.41) is 0. The predicted molar refractivity (Wildman–Crippen MR) is 80.2 cm³/mol. The molecule has 0 saturated heterocycles. The number of hydrogen-bond acceptors (Lipinski definition) is 2. The van der Waals surface area contributed by atoms with Gasteiger partial charge in [0, 0.05) is 0 Å². The minimum atomic E-state index is 0.658. The summed E-state index contributed by atoms with van der Waals surface area (Å²) in [6, 6.07) is 9.26. The third-order valence-electron chi connectivity index (χ3n) is 3.81. The van der Waals surface area contributed by atoms with Crippen molar-refractivity contribution in [3.8, 4) is 0 Å². The second kappa shape index (κ2) is 9.11. The molecule has 0 bridgehead atoms. The van der Waals surface area contributed by atoms with Crippen LogP contribution in [0.4, 0.5) is 0 Å². The van der Waals surface area contributed by atoms with Crippen LogP contribution in [0, 0.1) is 5.92 Å². The molecule has 1 aliphatic rings. The lowest BCUT2D eigenvalue weighted by Gasteiger charge is -2.10. The Morgan fingerprint density at radius 1 is 1.00 bits per heavy atom. The van der Waals surface area contributed by atoms with Gasteiger partial charge in [0.2, 0.25) is 0 Å². The Balaban J connectivity index is 0.000000399. The zero-order valence-electron chi connectivity index (χ0n) is 12.8. The Hall–Kier alpha value is -0.860. The standard InChI is InChI=1S/C15H22.C2H6O2/c1-12(2)15-9-7-14(8-10-15)11-13-5-3-4-6-13;1-3-4-2/h7-10,12-13H,3-6,11H2,1-2H3;1-2H3. The van der Waals surface area contributed by atoms with E-state index in [2.05, 4.69) is 47.9 Å². The molecule has 0 heterocycles. The summed E-state index contributed by atoms with van der Waals surface area (Å²) in [5.74, 6) is 1.63. The lowest BCUT2D eigenvalue weighted by Crippen LogP contribution is -1.98. The second-order valence-electron chi connectivity index (χ2n) is 5.58.